The van der Waals surface area contributed by atoms with Crippen LogP contribution in [-0.2, 0) is 14.9 Å². The lowest BCUT2D eigenvalue weighted by atomic mass is 10.2. The number of hydrogen-bond acceptors (Lipinski definition) is 6. The van der Waals surface area contributed by atoms with Gasteiger partial charge in [-0.3, -0.25) is 0 Å². The van der Waals surface area contributed by atoms with Crippen LogP contribution >= 0.6 is 0 Å². The van der Waals surface area contributed by atoms with Gasteiger partial charge in [-0.05, 0) is 12.1 Å². The van der Waals surface area contributed by atoms with E-state index in [1.807, 2.05) is 12.1 Å². The minimum absolute atomic E-state index is 0.0786. The van der Waals surface area contributed by atoms with E-state index in [-0.39, 0.29) is 18.4 Å². The first kappa shape index (κ1) is 15.5. The van der Waals surface area contributed by atoms with Crippen molar-refractivity contribution >= 4 is 10.0 Å². The van der Waals surface area contributed by atoms with Gasteiger partial charge in [0.25, 0.3) is 0 Å². The molecule has 0 amide bonds. The summed E-state index contributed by atoms with van der Waals surface area (Å²) in [6, 6.07) is 7.37. The van der Waals surface area contributed by atoms with Crippen LogP contribution in [-0.4, -0.2) is 69.5 Å². The van der Waals surface area contributed by atoms with Crippen molar-refractivity contribution < 1.29 is 22.7 Å². The number of benzene rings is 1. The standard InChI is InChI=1S/C14H20N2O5S/c1-15(19-2)11-7-16(8-11)22(17,18)10-12-9-20-13-5-3-4-6-14(13)21-12/h3-6,11-12H,7-10H2,1-2H3. The first-order valence-electron chi connectivity index (χ1n) is 7.13. The van der Waals surface area contributed by atoms with Crippen LogP contribution in [0.3, 0.4) is 0 Å². The maximum Gasteiger partial charge on any atom is 0.218 e. The van der Waals surface area contributed by atoms with Crippen molar-refractivity contribution in [3.05, 3.63) is 24.3 Å². The number of hydroxylamine groups is 2. The molecule has 1 fully saturated rings. The Morgan fingerprint density at radius 3 is 2.68 bits per heavy atom. The first-order chi connectivity index (χ1) is 10.5. The number of nitrogens with zero attached hydrogens (tertiary/aromatic N) is 2. The lowest BCUT2D eigenvalue weighted by Crippen LogP contribution is -2.61. The van der Waals surface area contributed by atoms with Crippen LogP contribution in [0.4, 0.5) is 0 Å². The van der Waals surface area contributed by atoms with Gasteiger partial charge in [0.05, 0.1) is 13.2 Å². The molecule has 0 N–H and O–H groups in total. The first-order valence-corrected chi connectivity index (χ1v) is 8.74. The van der Waals surface area contributed by atoms with Crippen molar-refractivity contribution in [2.75, 3.05) is 39.6 Å². The quantitative estimate of drug-likeness (QED) is 0.726. The number of fused-ring (bicyclic) bond motifs is 1. The van der Waals surface area contributed by atoms with Crippen molar-refractivity contribution in [2.24, 2.45) is 0 Å². The molecule has 7 nitrogen and oxygen atoms in total. The van der Waals surface area contributed by atoms with Crippen molar-refractivity contribution in [2.45, 2.75) is 12.1 Å². The summed E-state index contributed by atoms with van der Waals surface area (Å²) in [5, 5.41) is 1.67. The van der Waals surface area contributed by atoms with Gasteiger partial charge in [-0.1, -0.05) is 12.1 Å². The van der Waals surface area contributed by atoms with Gasteiger partial charge in [-0.15, -0.1) is 0 Å². The second-order valence-electron chi connectivity index (χ2n) is 5.48. The number of para-hydroxylation sites is 2. The summed E-state index contributed by atoms with van der Waals surface area (Å²) in [6.07, 6.45) is -0.487. The SMILES string of the molecule is CON(C)C1CN(S(=O)(=O)CC2COc3ccccc3O2)C1. The fourth-order valence-corrected chi connectivity index (χ4v) is 4.15. The van der Waals surface area contributed by atoms with E-state index in [1.54, 1.807) is 31.4 Å². The largest absolute Gasteiger partial charge is 0.486 e. The van der Waals surface area contributed by atoms with Gasteiger partial charge in [-0.25, -0.2) is 8.42 Å². The second-order valence-corrected chi connectivity index (χ2v) is 7.49. The third kappa shape index (κ3) is 3.05. The molecule has 0 aromatic heterocycles. The zero-order valence-electron chi connectivity index (χ0n) is 12.6. The zero-order chi connectivity index (χ0) is 15.7. The van der Waals surface area contributed by atoms with Crippen LogP contribution < -0.4 is 9.47 Å². The summed E-state index contributed by atoms with van der Waals surface area (Å²) in [7, 11) is 0.0123. The Kier molecular flexibility index (Phi) is 4.26. The lowest BCUT2D eigenvalue weighted by molar-refractivity contribution is -0.163. The Morgan fingerprint density at radius 2 is 2.00 bits per heavy atom. The molecule has 0 saturated carbocycles. The molecule has 1 saturated heterocycles. The Balaban J connectivity index is 1.58. The summed E-state index contributed by atoms with van der Waals surface area (Å²) in [5.41, 5.74) is 0. The van der Waals surface area contributed by atoms with Gasteiger partial charge < -0.3 is 14.3 Å². The number of likely N-dealkylation sites (N-methyl/N-ethyl adjacent to an activating group) is 1. The molecule has 2 heterocycles. The molecule has 0 bridgehead atoms. The van der Waals surface area contributed by atoms with Crippen LogP contribution in [0.25, 0.3) is 0 Å². The predicted molar refractivity (Wildman–Crippen MR) is 80.3 cm³/mol. The van der Waals surface area contributed by atoms with E-state index in [4.69, 9.17) is 14.3 Å². The van der Waals surface area contributed by atoms with Gasteiger partial charge >= 0.3 is 0 Å². The molecule has 3 rings (SSSR count). The highest BCUT2D eigenvalue weighted by Gasteiger charge is 2.40. The minimum Gasteiger partial charge on any atom is -0.486 e. The third-order valence-electron chi connectivity index (χ3n) is 3.99. The smallest absolute Gasteiger partial charge is 0.218 e. The number of hydrogen-bond donors (Lipinski definition) is 0. The lowest BCUT2D eigenvalue weighted by Gasteiger charge is -2.42. The van der Waals surface area contributed by atoms with Crippen LogP contribution in [0.2, 0.25) is 0 Å². The van der Waals surface area contributed by atoms with Gasteiger partial charge in [-0.2, -0.15) is 9.37 Å². The molecule has 0 radical (unpaired) electrons. The van der Waals surface area contributed by atoms with Gasteiger partial charge in [0.1, 0.15) is 18.5 Å². The van der Waals surface area contributed by atoms with E-state index in [0.29, 0.717) is 24.6 Å². The van der Waals surface area contributed by atoms with Gasteiger partial charge in [0.15, 0.2) is 11.5 Å². The van der Waals surface area contributed by atoms with Gasteiger partial charge in [0.2, 0.25) is 10.0 Å². The number of sulfonamides is 1. The Morgan fingerprint density at radius 1 is 1.32 bits per heavy atom. The Bertz CT molecular complexity index is 630. The van der Waals surface area contributed by atoms with E-state index < -0.39 is 16.1 Å². The average Bonchev–Trinajstić information content (AvgIpc) is 2.44. The maximum absolute atomic E-state index is 12.4. The van der Waals surface area contributed by atoms with Crippen LogP contribution in [0.5, 0.6) is 11.5 Å². The Labute approximate surface area is 130 Å². The van der Waals surface area contributed by atoms with E-state index in [2.05, 4.69) is 0 Å². The molecule has 22 heavy (non-hydrogen) atoms. The molecular formula is C14H20N2O5S. The molecule has 122 valence electrons. The molecule has 0 spiro atoms. The van der Waals surface area contributed by atoms with Crippen molar-refractivity contribution in [1.82, 2.24) is 9.37 Å². The molecule has 8 heteroatoms. The van der Waals surface area contributed by atoms with E-state index >= 15 is 0 Å². The normalized spacial score (nSPS) is 22.6. The molecule has 1 atom stereocenters. The fourth-order valence-electron chi connectivity index (χ4n) is 2.51. The number of rotatable bonds is 5. The molecule has 1 unspecified atom stereocenters. The van der Waals surface area contributed by atoms with Crippen LogP contribution in [0, 0.1) is 0 Å². The molecule has 0 aliphatic carbocycles. The summed E-state index contributed by atoms with van der Waals surface area (Å²) in [4.78, 5) is 5.07. The van der Waals surface area contributed by atoms with E-state index in [1.165, 1.54) is 4.31 Å². The Hall–Kier alpha value is -1.35. The molecule has 1 aromatic rings. The topological polar surface area (TPSA) is 68.3 Å². The van der Waals surface area contributed by atoms with E-state index in [0.717, 1.165) is 0 Å². The minimum atomic E-state index is -3.35. The summed E-state index contributed by atoms with van der Waals surface area (Å²) in [5.74, 6) is 1.17. The monoisotopic (exact) mass is 328 g/mol. The molecule has 2 aliphatic heterocycles. The highest BCUT2D eigenvalue weighted by atomic mass is 32.2. The highest BCUT2D eigenvalue weighted by molar-refractivity contribution is 7.89. The highest BCUT2D eigenvalue weighted by Crippen LogP contribution is 2.31. The fraction of sp³-hybridized carbons (Fsp3) is 0.571. The van der Waals surface area contributed by atoms with Crippen molar-refractivity contribution in [1.29, 1.82) is 0 Å². The average molecular weight is 328 g/mol. The van der Waals surface area contributed by atoms with E-state index in [9.17, 15) is 8.42 Å². The molecule has 2 aliphatic rings. The molecule has 1 aromatic carbocycles. The zero-order valence-corrected chi connectivity index (χ0v) is 13.5. The molecular weight excluding hydrogens is 308 g/mol. The third-order valence-corrected chi connectivity index (χ3v) is 5.87. The van der Waals surface area contributed by atoms with Crippen LogP contribution in [0.1, 0.15) is 0 Å². The van der Waals surface area contributed by atoms with Crippen molar-refractivity contribution in [3.63, 3.8) is 0 Å². The second kappa shape index (κ2) is 6.04. The van der Waals surface area contributed by atoms with Crippen molar-refractivity contribution in [3.8, 4) is 11.5 Å². The summed E-state index contributed by atoms with van der Waals surface area (Å²) >= 11 is 0. The predicted octanol–water partition coefficient (Wildman–Crippen LogP) is 0.334. The number of ether oxygens (including phenoxy) is 2. The van der Waals surface area contributed by atoms with Crippen LogP contribution in [0.15, 0.2) is 24.3 Å². The van der Waals surface area contributed by atoms with Gasteiger partial charge in [0, 0.05) is 20.1 Å². The summed E-state index contributed by atoms with van der Waals surface area (Å²) < 4.78 is 37.5. The maximum atomic E-state index is 12.4. The summed E-state index contributed by atoms with van der Waals surface area (Å²) in [6.45, 7) is 1.12.